The molecule has 3 N–H and O–H groups in total. The van der Waals surface area contributed by atoms with E-state index in [1.807, 2.05) is 24.3 Å². The van der Waals surface area contributed by atoms with Crippen LogP contribution in [0, 0.1) is 0 Å². The van der Waals surface area contributed by atoms with Crippen molar-refractivity contribution in [2.24, 2.45) is 5.73 Å². The minimum atomic E-state index is -3.31. The van der Waals surface area contributed by atoms with Gasteiger partial charge in [-0.25, -0.2) is 13.1 Å². The van der Waals surface area contributed by atoms with Crippen molar-refractivity contribution >= 4 is 37.3 Å². The second kappa shape index (κ2) is 7.51. The summed E-state index contributed by atoms with van der Waals surface area (Å²) in [7, 11) is -3.31. The van der Waals surface area contributed by atoms with Crippen LogP contribution in [0.25, 0.3) is 0 Å². The summed E-state index contributed by atoms with van der Waals surface area (Å²) >= 11 is 5.01. The van der Waals surface area contributed by atoms with E-state index in [2.05, 4.69) is 20.7 Å². The van der Waals surface area contributed by atoms with Gasteiger partial charge in [-0.05, 0) is 45.6 Å². The molecule has 0 bridgehead atoms. The van der Waals surface area contributed by atoms with Gasteiger partial charge in [0.05, 0.1) is 9.54 Å². The SMILES string of the molecule is NCc1ccc(CS(=O)(=O)NCCc2ccc(Br)s2)cc1. The molecule has 0 amide bonds. The number of sulfonamides is 1. The molecular formula is C14H17BrN2O2S2. The Morgan fingerprint density at radius 1 is 1.10 bits per heavy atom. The third kappa shape index (κ3) is 5.52. The zero-order valence-corrected chi connectivity index (χ0v) is 14.6. The van der Waals surface area contributed by atoms with Crippen molar-refractivity contribution in [1.82, 2.24) is 4.72 Å². The zero-order valence-electron chi connectivity index (χ0n) is 11.4. The topological polar surface area (TPSA) is 72.2 Å². The normalized spacial score (nSPS) is 11.7. The predicted molar refractivity (Wildman–Crippen MR) is 90.7 cm³/mol. The smallest absolute Gasteiger partial charge is 0.215 e. The Hall–Kier alpha value is -0.730. The molecule has 1 aromatic heterocycles. The van der Waals surface area contributed by atoms with E-state index in [4.69, 9.17) is 5.73 Å². The van der Waals surface area contributed by atoms with Gasteiger partial charge in [-0.2, -0.15) is 0 Å². The molecule has 2 rings (SSSR count). The molecule has 0 saturated heterocycles. The van der Waals surface area contributed by atoms with Crippen LogP contribution in [0.5, 0.6) is 0 Å². The van der Waals surface area contributed by atoms with E-state index in [0.717, 1.165) is 19.8 Å². The van der Waals surface area contributed by atoms with Crippen molar-refractivity contribution in [2.75, 3.05) is 6.54 Å². The summed E-state index contributed by atoms with van der Waals surface area (Å²) in [4.78, 5) is 1.15. The van der Waals surface area contributed by atoms with E-state index in [1.165, 1.54) is 0 Å². The number of nitrogens with two attached hydrogens (primary N) is 1. The first-order chi connectivity index (χ1) is 9.98. The second-order valence-corrected chi connectivity index (χ2v) is 8.98. The number of hydrogen-bond donors (Lipinski definition) is 2. The van der Waals surface area contributed by atoms with Gasteiger partial charge in [0.25, 0.3) is 0 Å². The molecule has 0 atom stereocenters. The summed E-state index contributed by atoms with van der Waals surface area (Å²) in [6.07, 6.45) is 0.696. The number of thiophene rings is 1. The molecule has 0 unspecified atom stereocenters. The highest BCUT2D eigenvalue weighted by Crippen LogP contribution is 2.22. The van der Waals surface area contributed by atoms with Crippen molar-refractivity contribution in [3.05, 3.63) is 56.2 Å². The highest BCUT2D eigenvalue weighted by Gasteiger charge is 2.11. The lowest BCUT2D eigenvalue weighted by Gasteiger charge is -2.07. The van der Waals surface area contributed by atoms with E-state index in [9.17, 15) is 8.42 Å². The van der Waals surface area contributed by atoms with Gasteiger partial charge in [-0.3, -0.25) is 0 Å². The average molecular weight is 389 g/mol. The molecular weight excluding hydrogens is 372 g/mol. The number of hydrogen-bond acceptors (Lipinski definition) is 4. The molecule has 0 aliphatic carbocycles. The van der Waals surface area contributed by atoms with E-state index < -0.39 is 10.0 Å². The molecule has 7 heteroatoms. The number of halogens is 1. The van der Waals surface area contributed by atoms with Gasteiger partial charge in [0.1, 0.15) is 0 Å². The van der Waals surface area contributed by atoms with Crippen LogP contribution in [0.15, 0.2) is 40.2 Å². The monoisotopic (exact) mass is 388 g/mol. The van der Waals surface area contributed by atoms with Crippen molar-refractivity contribution in [3.8, 4) is 0 Å². The number of nitrogens with one attached hydrogen (secondary N) is 1. The fourth-order valence-electron chi connectivity index (χ4n) is 1.86. The van der Waals surface area contributed by atoms with E-state index in [-0.39, 0.29) is 5.75 Å². The maximum atomic E-state index is 12.0. The summed E-state index contributed by atoms with van der Waals surface area (Å²) in [5, 5.41) is 0. The first kappa shape index (κ1) is 16.6. The average Bonchev–Trinajstić information content (AvgIpc) is 2.84. The standard InChI is InChI=1S/C14H17BrN2O2S2/c15-14-6-5-13(20-14)7-8-17-21(18,19)10-12-3-1-11(9-16)2-4-12/h1-6,17H,7-10,16H2. The molecule has 1 heterocycles. The maximum absolute atomic E-state index is 12.0. The van der Waals surface area contributed by atoms with E-state index >= 15 is 0 Å². The van der Waals surface area contributed by atoms with E-state index in [0.29, 0.717) is 19.5 Å². The highest BCUT2D eigenvalue weighted by molar-refractivity contribution is 9.11. The van der Waals surface area contributed by atoms with Gasteiger partial charge in [-0.1, -0.05) is 24.3 Å². The first-order valence-electron chi connectivity index (χ1n) is 6.48. The summed E-state index contributed by atoms with van der Waals surface area (Å²) in [6.45, 7) is 0.873. The molecule has 2 aromatic rings. The predicted octanol–water partition coefficient (Wildman–Crippen LogP) is 2.63. The fourth-order valence-corrected chi connectivity index (χ4v) is 4.49. The van der Waals surface area contributed by atoms with Gasteiger partial charge in [0.15, 0.2) is 0 Å². The van der Waals surface area contributed by atoms with Crippen LogP contribution in [-0.4, -0.2) is 15.0 Å². The lowest BCUT2D eigenvalue weighted by Crippen LogP contribution is -2.27. The van der Waals surface area contributed by atoms with Gasteiger partial charge in [0, 0.05) is 18.0 Å². The fraction of sp³-hybridized carbons (Fsp3) is 0.286. The Kier molecular flexibility index (Phi) is 5.95. The molecule has 0 radical (unpaired) electrons. The Morgan fingerprint density at radius 2 is 1.76 bits per heavy atom. The number of rotatable bonds is 7. The van der Waals surface area contributed by atoms with Gasteiger partial charge in [-0.15, -0.1) is 11.3 Å². The third-order valence-electron chi connectivity index (χ3n) is 2.94. The van der Waals surface area contributed by atoms with Crippen molar-refractivity contribution in [3.63, 3.8) is 0 Å². The summed E-state index contributed by atoms with van der Waals surface area (Å²) in [5.41, 5.74) is 7.27. The first-order valence-corrected chi connectivity index (χ1v) is 9.74. The molecule has 21 heavy (non-hydrogen) atoms. The highest BCUT2D eigenvalue weighted by atomic mass is 79.9. The summed E-state index contributed by atoms with van der Waals surface area (Å²) < 4.78 is 27.7. The van der Waals surface area contributed by atoms with Crippen molar-refractivity contribution in [1.29, 1.82) is 0 Å². The van der Waals surface area contributed by atoms with Crippen molar-refractivity contribution in [2.45, 2.75) is 18.7 Å². The van der Waals surface area contributed by atoms with Gasteiger partial charge in [0.2, 0.25) is 10.0 Å². The van der Waals surface area contributed by atoms with Crippen LogP contribution in [0.1, 0.15) is 16.0 Å². The maximum Gasteiger partial charge on any atom is 0.215 e. The quantitative estimate of drug-likeness (QED) is 0.765. The molecule has 4 nitrogen and oxygen atoms in total. The Balaban J connectivity index is 1.86. The van der Waals surface area contributed by atoms with Crippen LogP contribution >= 0.6 is 27.3 Å². The molecule has 1 aromatic carbocycles. The van der Waals surface area contributed by atoms with Gasteiger partial charge < -0.3 is 5.73 Å². The van der Waals surface area contributed by atoms with Gasteiger partial charge >= 0.3 is 0 Å². The van der Waals surface area contributed by atoms with Crippen LogP contribution in [0.4, 0.5) is 0 Å². The number of benzene rings is 1. The summed E-state index contributed by atoms with van der Waals surface area (Å²) in [6, 6.07) is 11.3. The largest absolute Gasteiger partial charge is 0.326 e. The molecule has 114 valence electrons. The molecule has 0 saturated carbocycles. The zero-order chi connectivity index (χ0) is 15.3. The molecule has 0 aliphatic heterocycles. The minimum Gasteiger partial charge on any atom is -0.326 e. The lowest BCUT2D eigenvalue weighted by molar-refractivity contribution is 0.581. The second-order valence-electron chi connectivity index (χ2n) is 4.63. The van der Waals surface area contributed by atoms with Crippen molar-refractivity contribution < 1.29 is 8.42 Å². The molecule has 0 fully saturated rings. The molecule has 0 spiro atoms. The lowest BCUT2D eigenvalue weighted by atomic mass is 10.1. The summed E-state index contributed by atoms with van der Waals surface area (Å²) in [5.74, 6) is -0.00795. The molecule has 0 aliphatic rings. The Bertz CT molecular complexity index is 681. The Morgan fingerprint density at radius 3 is 2.33 bits per heavy atom. The van der Waals surface area contributed by atoms with Crippen LogP contribution < -0.4 is 10.5 Å². The van der Waals surface area contributed by atoms with Crippen LogP contribution in [0.2, 0.25) is 0 Å². The Labute approximate surface area is 137 Å². The van der Waals surface area contributed by atoms with E-state index in [1.54, 1.807) is 23.5 Å². The third-order valence-corrected chi connectivity index (χ3v) is 5.98. The van der Waals surface area contributed by atoms with Crippen LogP contribution in [-0.2, 0) is 28.7 Å². The van der Waals surface area contributed by atoms with Crippen LogP contribution in [0.3, 0.4) is 0 Å². The minimum absolute atomic E-state index is 0.00795.